The lowest BCUT2D eigenvalue weighted by Gasteiger charge is -2.26. The van der Waals surface area contributed by atoms with Crippen LogP contribution in [0.4, 0.5) is 0 Å². The molecule has 4 amide bonds. The number of carbonyl (C=O) groups excluding carboxylic acids is 4. The average molecular weight is 389 g/mol. The number of carbonyl (C=O) groups is 5. The molecule has 12 nitrogen and oxygen atoms in total. The van der Waals surface area contributed by atoms with E-state index in [4.69, 9.17) is 21.7 Å². The fraction of sp³-hybridized carbons (Fsp3) is 0.667. The SMILES string of the molecule is CCC(C)C(NC(=O)CN)C(=O)NC(CC(N)=O)C(=O)NC(CO)C(=O)O. The zero-order valence-corrected chi connectivity index (χ0v) is 15.2. The minimum absolute atomic E-state index is 0.318. The van der Waals surface area contributed by atoms with Crippen LogP contribution in [0, 0.1) is 5.92 Å². The van der Waals surface area contributed by atoms with Crippen LogP contribution in [0.3, 0.4) is 0 Å². The maximum atomic E-state index is 12.5. The summed E-state index contributed by atoms with van der Waals surface area (Å²) in [6.45, 7) is 2.24. The molecule has 0 radical (unpaired) electrons. The van der Waals surface area contributed by atoms with Crippen LogP contribution in [0.5, 0.6) is 0 Å². The summed E-state index contributed by atoms with van der Waals surface area (Å²) in [5.41, 5.74) is 10.3. The standard InChI is InChI=1S/C15H27N5O7/c1-3-7(2)12(20-11(23)5-16)14(25)18-8(4-10(17)22)13(24)19-9(6-21)15(26)27/h7-9,12,21H,3-6,16H2,1-2H3,(H2,17,22)(H,18,25)(H,19,24)(H,20,23)(H,26,27). The number of amides is 4. The molecule has 0 fully saturated rings. The first-order chi connectivity index (χ1) is 12.6. The average Bonchev–Trinajstić information content (AvgIpc) is 2.61. The Hall–Kier alpha value is -2.73. The van der Waals surface area contributed by atoms with Gasteiger partial charge in [0.15, 0.2) is 0 Å². The Kier molecular flexibility index (Phi) is 10.6. The van der Waals surface area contributed by atoms with Gasteiger partial charge in [-0.05, 0) is 5.92 Å². The first kappa shape index (κ1) is 24.3. The van der Waals surface area contributed by atoms with E-state index in [9.17, 15) is 24.0 Å². The minimum atomic E-state index is -1.62. The first-order valence-electron chi connectivity index (χ1n) is 8.29. The molecule has 0 aliphatic carbocycles. The summed E-state index contributed by atoms with van der Waals surface area (Å²) in [6, 6.07) is -4.13. The number of aliphatic hydroxyl groups is 1. The lowest BCUT2D eigenvalue weighted by molar-refractivity contribution is -0.143. The fourth-order valence-electron chi connectivity index (χ4n) is 2.06. The van der Waals surface area contributed by atoms with Crippen LogP contribution in [0.1, 0.15) is 26.7 Å². The highest BCUT2D eigenvalue weighted by molar-refractivity contribution is 5.95. The van der Waals surface area contributed by atoms with Crippen molar-refractivity contribution >= 4 is 29.6 Å². The molecule has 0 aliphatic rings. The number of aliphatic hydroxyl groups excluding tert-OH is 1. The summed E-state index contributed by atoms with van der Waals surface area (Å²) in [4.78, 5) is 58.4. The van der Waals surface area contributed by atoms with E-state index < -0.39 is 60.8 Å². The van der Waals surface area contributed by atoms with E-state index in [0.717, 1.165) is 0 Å². The molecule has 4 unspecified atom stereocenters. The van der Waals surface area contributed by atoms with E-state index in [0.29, 0.717) is 6.42 Å². The van der Waals surface area contributed by atoms with Crippen molar-refractivity contribution < 1.29 is 34.2 Å². The maximum Gasteiger partial charge on any atom is 0.328 e. The summed E-state index contributed by atoms with van der Waals surface area (Å²) < 4.78 is 0. The molecule has 4 atom stereocenters. The molecular formula is C15H27N5O7. The Morgan fingerprint density at radius 2 is 1.56 bits per heavy atom. The van der Waals surface area contributed by atoms with Crippen LogP contribution in [0.2, 0.25) is 0 Å². The Bertz CT molecular complexity index is 569. The van der Waals surface area contributed by atoms with Crippen LogP contribution in [0.15, 0.2) is 0 Å². The zero-order valence-electron chi connectivity index (χ0n) is 15.2. The van der Waals surface area contributed by atoms with Crippen molar-refractivity contribution in [3.05, 3.63) is 0 Å². The van der Waals surface area contributed by atoms with Crippen molar-refractivity contribution in [1.82, 2.24) is 16.0 Å². The second-order valence-electron chi connectivity index (χ2n) is 5.95. The Morgan fingerprint density at radius 1 is 1.00 bits per heavy atom. The van der Waals surface area contributed by atoms with Crippen LogP contribution in [-0.2, 0) is 24.0 Å². The number of hydrogen-bond donors (Lipinski definition) is 7. The number of carboxylic acid groups (broad SMARTS) is 1. The summed E-state index contributed by atoms with van der Waals surface area (Å²) in [6.07, 6.45) is -0.0887. The third-order valence-corrected chi connectivity index (χ3v) is 3.83. The van der Waals surface area contributed by atoms with Crippen molar-refractivity contribution in [2.45, 2.75) is 44.8 Å². The van der Waals surface area contributed by atoms with Crippen molar-refractivity contribution in [2.24, 2.45) is 17.4 Å². The van der Waals surface area contributed by atoms with Gasteiger partial charge in [-0.15, -0.1) is 0 Å². The highest BCUT2D eigenvalue weighted by atomic mass is 16.4. The van der Waals surface area contributed by atoms with E-state index >= 15 is 0 Å². The number of primary amides is 1. The van der Waals surface area contributed by atoms with Gasteiger partial charge < -0.3 is 37.6 Å². The number of nitrogens with two attached hydrogens (primary N) is 2. The fourth-order valence-corrected chi connectivity index (χ4v) is 2.06. The topological polar surface area (TPSA) is 214 Å². The second-order valence-corrected chi connectivity index (χ2v) is 5.95. The molecule has 0 aliphatic heterocycles. The van der Waals surface area contributed by atoms with Crippen molar-refractivity contribution in [2.75, 3.05) is 13.2 Å². The van der Waals surface area contributed by atoms with Gasteiger partial charge in [0.2, 0.25) is 23.6 Å². The van der Waals surface area contributed by atoms with Crippen LogP contribution in [-0.4, -0.2) is 71.1 Å². The first-order valence-corrected chi connectivity index (χ1v) is 8.29. The number of rotatable bonds is 12. The molecule has 12 heteroatoms. The van der Waals surface area contributed by atoms with E-state index in [2.05, 4.69) is 10.6 Å². The monoisotopic (exact) mass is 389 g/mol. The third kappa shape index (κ3) is 8.46. The van der Waals surface area contributed by atoms with Crippen molar-refractivity contribution in [3.63, 3.8) is 0 Å². The molecule has 154 valence electrons. The molecule has 0 spiro atoms. The Balaban J connectivity index is 5.35. The highest BCUT2D eigenvalue weighted by Gasteiger charge is 2.32. The summed E-state index contributed by atoms with van der Waals surface area (Å²) in [5.74, 6) is -5.10. The molecule has 0 saturated heterocycles. The van der Waals surface area contributed by atoms with Crippen LogP contribution < -0.4 is 27.4 Å². The number of aliphatic carboxylic acids is 1. The van der Waals surface area contributed by atoms with Gasteiger partial charge in [-0.1, -0.05) is 20.3 Å². The largest absolute Gasteiger partial charge is 0.480 e. The lowest BCUT2D eigenvalue weighted by atomic mass is 9.97. The molecule has 0 aromatic rings. The minimum Gasteiger partial charge on any atom is -0.480 e. The van der Waals surface area contributed by atoms with Gasteiger partial charge in [0.1, 0.15) is 18.1 Å². The van der Waals surface area contributed by atoms with Gasteiger partial charge in [0.25, 0.3) is 0 Å². The predicted octanol–water partition coefficient (Wildman–Crippen LogP) is -3.60. The quantitative estimate of drug-likeness (QED) is 0.176. The van der Waals surface area contributed by atoms with Crippen molar-refractivity contribution in [3.8, 4) is 0 Å². The lowest BCUT2D eigenvalue weighted by Crippen LogP contribution is -2.58. The molecule has 27 heavy (non-hydrogen) atoms. The van der Waals surface area contributed by atoms with E-state index in [1.54, 1.807) is 13.8 Å². The Morgan fingerprint density at radius 3 is 1.96 bits per heavy atom. The molecule has 0 aromatic heterocycles. The van der Waals surface area contributed by atoms with Gasteiger partial charge in [-0.3, -0.25) is 19.2 Å². The molecule has 0 aromatic carbocycles. The predicted molar refractivity (Wildman–Crippen MR) is 92.8 cm³/mol. The molecule has 9 N–H and O–H groups in total. The van der Waals surface area contributed by atoms with E-state index in [-0.39, 0.29) is 12.5 Å². The molecular weight excluding hydrogens is 362 g/mol. The number of nitrogens with one attached hydrogen (secondary N) is 3. The maximum absolute atomic E-state index is 12.5. The number of carboxylic acids is 1. The van der Waals surface area contributed by atoms with E-state index in [1.807, 2.05) is 5.32 Å². The van der Waals surface area contributed by atoms with Crippen LogP contribution in [0.25, 0.3) is 0 Å². The van der Waals surface area contributed by atoms with Crippen molar-refractivity contribution in [1.29, 1.82) is 0 Å². The van der Waals surface area contributed by atoms with Gasteiger partial charge in [-0.2, -0.15) is 0 Å². The third-order valence-electron chi connectivity index (χ3n) is 3.83. The molecule has 0 heterocycles. The smallest absolute Gasteiger partial charge is 0.328 e. The highest BCUT2D eigenvalue weighted by Crippen LogP contribution is 2.09. The van der Waals surface area contributed by atoms with Gasteiger partial charge in [-0.25, -0.2) is 4.79 Å². The van der Waals surface area contributed by atoms with E-state index in [1.165, 1.54) is 0 Å². The van der Waals surface area contributed by atoms with Gasteiger partial charge in [0.05, 0.1) is 19.6 Å². The summed E-state index contributed by atoms with van der Waals surface area (Å²) in [7, 11) is 0. The summed E-state index contributed by atoms with van der Waals surface area (Å²) in [5, 5.41) is 24.5. The molecule has 0 bridgehead atoms. The zero-order chi connectivity index (χ0) is 21.1. The molecule has 0 rings (SSSR count). The van der Waals surface area contributed by atoms with Gasteiger partial charge in [0, 0.05) is 0 Å². The van der Waals surface area contributed by atoms with Gasteiger partial charge >= 0.3 is 5.97 Å². The number of hydrogen-bond acceptors (Lipinski definition) is 7. The van der Waals surface area contributed by atoms with Crippen LogP contribution >= 0.6 is 0 Å². The normalized spacial score (nSPS) is 15.0. The summed E-state index contributed by atoms with van der Waals surface area (Å²) >= 11 is 0. The Labute approximate surface area is 156 Å². The second kappa shape index (κ2) is 11.8. The molecule has 0 saturated carbocycles.